The zero-order valence-corrected chi connectivity index (χ0v) is 11.1. The summed E-state index contributed by atoms with van der Waals surface area (Å²) in [6.07, 6.45) is 0.802. The second-order valence-corrected chi connectivity index (χ2v) is 4.02. The summed E-state index contributed by atoms with van der Waals surface area (Å²) in [5.74, 6) is -0.494. The quantitative estimate of drug-likeness (QED) is 0.454. The predicted octanol–water partition coefficient (Wildman–Crippen LogP) is 0.833. The molecule has 106 valence electrons. The van der Waals surface area contributed by atoms with Crippen molar-refractivity contribution in [2.24, 2.45) is 5.73 Å². The molecule has 0 saturated heterocycles. The lowest BCUT2D eigenvalue weighted by Crippen LogP contribution is -2.16. The number of benzene rings is 1. The maximum Gasteiger partial charge on any atom is 0.250 e. The Bertz CT molecular complexity index is 410. The fourth-order valence-electron chi connectivity index (χ4n) is 1.60. The van der Waals surface area contributed by atoms with E-state index in [0.717, 1.165) is 6.42 Å². The third-order valence-corrected chi connectivity index (χ3v) is 2.56. The maximum absolute atomic E-state index is 11.3. The number of ether oxygens (including phenoxy) is 2. The minimum atomic E-state index is -0.494. The normalized spacial score (nSPS) is 10.4. The summed E-state index contributed by atoms with van der Waals surface area (Å²) in [7, 11) is 1.63. The van der Waals surface area contributed by atoms with Crippen LogP contribution in [0.3, 0.4) is 0 Å². The third kappa shape index (κ3) is 5.15. The molecule has 0 saturated carbocycles. The Morgan fingerprint density at radius 3 is 2.79 bits per heavy atom. The first-order valence-electron chi connectivity index (χ1n) is 6.15. The van der Waals surface area contributed by atoms with Gasteiger partial charge in [-0.1, -0.05) is 6.07 Å². The first-order valence-corrected chi connectivity index (χ1v) is 6.15. The number of carbonyl (C=O) groups is 1. The van der Waals surface area contributed by atoms with Crippen LogP contribution in [0.15, 0.2) is 18.2 Å². The highest BCUT2D eigenvalue weighted by Gasteiger charge is 2.09. The van der Waals surface area contributed by atoms with E-state index in [4.69, 9.17) is 20.9 Å². The smallest absolute Gasteiger partial charge is 0.250 e. The van der Waals surface area contributed by atoms with Gasteiger partial charge in [0.2, 0.25) is 0 Å². The van der Waals surface area contributed by atoms with E-state index in [9.17, 15) is 4.79 Å². The summed E-state index contributed by atoms with van der Waals surface area (Å²) in [5.41, 5.74) is 12.6. The second-order valence-electron chi connectivity index (χ2n) is 4.02. The van der Waals surface area contributed by atoms with E-state index in [1.165, 1.54) is 0 Å². The van der Waals surface area contributed by atoms with Crippen LogP contribution in [0.5, 0.6) is 0 Å². The van der Waals surface area contributed by atoms with Crippen molar-refractivity contribution in [3.63, 3.8) is 0 Å². The Kier molecular flexibility index (Phi) is 6.70. The van der Waals surface area contributed by atoms with E-state index in [2.05, 4.69) is 5.32 Å². The van der Waals surface area contributed by atoms with E-state index < -0.39 is 5.91 Å². The molecule has 0 bridgehead atoms. The molecule has 0 atom stereocenters. The van der Waals surface area contributed by atoms with Crippen LogP contribution >= 0.6 is 0 Å². The van der Waals surface area contributed by atoms with Crippen molar-refractivity contribution in [3.05, 3.63) is 23.8 Å². The minimum absolute atomic E-state index is 0.403. The number of para-hydroxylation sites is 1. The van der Waals surface area contributed by atoms with Crippen LogP contribution in [0.25, 0.3) is 0 Å². The molecule has 0 aliphatic rings. The van der Waals surface area contributed by atoms with Crippen molar-refractivity contribution < 1.29 is 14.3 Å². The van der Waals surface area contributed by atoms with Gasteiger partial charge in [-0.25, -0.2) is 0 Å². The van der Waals surface area contributed by atoms with Gasteiger partial charge in [-0.3, -0.25) is 4.79 Å². The molecule has 19 heavy (non-hydrogen) atoms. The molecule has 6 nitrogen and oxygen atoms in total. The van der Waals surface area contributed by atoms with Crippen molar-refractivity contribution in [1.82, 2.24) is 0 Å². The number of hydrogen-bond acceptors (Lipinski definition) is 5. The van der Waals surface area contributed by atoms with Crippen LogP contribution in [0.2, 0.25) is 0 Å². The highest BCUT2D eigenvalue weighted by atomic mass is 16.5. The number of carbonyl (C=O) groups excluding carboxylic acids is 1. The molecule has 0 radical (unpaired) electrons. The summed E-state index contributed by atoms with van der Waals surface area (Å²) in [6, 6.07) is 5.08. The maximum atomic E-state index is 11.3. The molecular weight excluding hydrogens is 246 g/mol. The Morgan fingerprint density at radius 2 is 2.11 bits per heavy atom. The average molecular weight is 267 g/mol. The summed E-state index contributed by atoms with van der Waals surface area (Å²) in [4.78, 5) is 11.3. The van der Waals surface area contributed by atoms with Crippen LogP contribution in [0.1, 0.15) is 16.8 Å². The Morgan fingerprint density at radius 1 is 1.32 bits per heavy atom. The third-order valence-electron chi connectivity index (χ3n) is 2.56. The minimum Gasteiger partial charge on any atom is -0.397 e. The van der Waals surface area contributed by atoms with E-state index >= 15 is 0 Å². The van der Waals surface area contributed by atoms with Crippen LogP contribution in [0.4, 0.5) is 11.4 Å². The Hall–Kier alpha value is -1.79. The van der Waals surface area contributed by atoms with Crippen LogP contribution in [-0.2, 0) is 9.47 Å². The fourth-order valence-corrected chi connectivity index (χ4v) is 1.60. The number of anilines is 2. The number of nitrogens with one attached hydrogen (secondary N) is 1. The van der Waals surface area contributed by atoms with Crippen molar-refractivity contribution in [2.75, 3.05) is 44.5 Å². The van der Waals surface area contributed by atoms with Crippen LogP contribution in [-0.4, -0.2) is 39.4 Å². The van der Waals surface area contributed by atoms with Crippen molar-refractivity contribution in [2.45, 2.75) is 6.42 Å². The van der Waals surface area contributed by atoms with Gasteiger partial charge in [0.25, 0.3) is 5.91 Å². The molecule has 1 rings (SSSR count). The van der Waals surface area contributed by atoms with E-state index in [1.807, 2.05) is 0 Å². The van der Waals surface area contributed by atoms with Gasteiger partial charge in [0.15, 0.2) is 0 Å². The zero-order valence-electron chi connectivity index (χ0n) is 11.1. The second kappa shape index (κ2) is 8.34. The Balaban J connectivity index is 2.38. The SMILES string of the molecule is COCCOCCCNc1c(N)cccc1C(N)=O. The van der Waals surface area contributed by atoms with E-state index in [-0.39, 0.29) is 0 Å². The number of nitrogens with two attached hydrogens (primary N) is 2. The van der Waals surface area contributed by atoms with Crippen LogP contribution < -0.4 is 16.8 Å². The molecule has 6 heteroatoms. The lowest BCUT2D eigenvalue weighted by atomic mass is 10.1. The van der Waals surface area contributed by atoms with Gasteiger partial charge in [-0.2, -0.15) is 0 Å². The van der Waals surface area contributed by atoms with Gasteiger partial charge in [0.1, 0.15) is 0 Å². The molecule has 0 fully saturated rings. The summed E-state index contributed by atoms with van der Waals surface area (Å²) in [5, 5.41) is 3.12. The van der Waals surface area contributed by atoms with Crippen molar-refractivity contribution >= 4 is 17.3 Å². The number of nitrogen functional groups attached to an aromatic ring is 1. The van der Waals surface area contributed by atoms with Gasteiger partial charge < -0.3 is 26.3 Å². The van der Waals surface area contributed by atoms with Crippen LogP contribution in [0, 0.1) is 0 Å². The van der Waals surface area contributed by atoms with Crippen molar-refractivity contribution in [1.29, 1.82) is 0 Å². The molecule has 0 aliphatic carbocycles. The number of hydrogen-bond donors (Lipinski definition) is 3. The summed E-state index contributed by atoms with van der Waals surface area (Å²) >= 11 is 0. The number of amides is 1. The van der Waals surface area contributed by atoms with Gasteiger partial charge in [0, 0.05) is 20.3 Å². The van der Waals surface area contributed by atoms with E-state index in [0.29, 0.717) is 43.3 Å². The standard InChI is InChI=1S/C13H21N3O3/c1-18-8-9-19-7-3-6-16-12-10(13(15)17)4-2-5-11(12)14/h2,4-5,16H,3,6-9,14H2,1H3,(H2,15,17). The van der Waals surface area contributed by atoms with Gasteiger partial charge in [-0.15, -0.1) is 0 Å². The molecule has 1 aromatic carbocycles. The average Bonchev–Trinajstić information content (AvgIpc) is 2.39. The molecule has 0 heterocycles. The highest BCUT2D eigenvalue weighted by Crippen LogP contribution is 2.22. The molecule has 0 unspecified atom stereocenters. The first-order chi connectivity index (χ1) is 9.16. The van der Waals surface area contributed by atoms with Gasteiger partial charge in [0.05, 0.1) is 30.2 Å². The molecule has 0 aliphatic heterocycles. The lowest BCUT2D eigenvalue weighted by molar-refractivity contribution is 0.0705. The molecule has 0 spiro atoms. The number of primary amides is 1. The van der Waals surface area contributed by atoms with Gasteiger partial charge >= 0.3 is 0 Å². The monoisotopic (exact) mass is 267 g/mol. The number of methoxy groups -OCH3 is 1. The van der Waals surface area contributed by atoms with Gasteiger partial charge in [-0.05, 0) is 18.6 Å². The highest BCUT2D eigenvalue weighted by molar-refractivity contribution is 6.01. The molecular formula is C13H21N3O3. The zero-order chi connectivity index (χ0) is 14.1. The summed E-state index contributed by atoms with van der Waals surface area (Å²) in [6.45, 7) is 2.44. The summed E-state index contributed by atoms with van der Waals surface area (Å²) < 4.78 is 10.2. The topological polar surface area (TPSA) is 99.6 Å². The van der Waals surface area contributed by atoms with E-state index in [1.54, 1.807) is 25.3 Å². The Labute approximate surface area is 113 Å². The molecule has 0 aromatic heterocycles. The van der Waals surface area contributed by atoms with Crippen molar-refractivity contribution in [3.8, 4) is 0 Å². The molecule has 1 aromatic rings. The predicted molar refractivity (Wildman–Crippen MR) is 75.2 cm³/mol. The first kappa shape index (κ1) is 15.3. The molecule has 1 amide bonds. The largest absolute Gasteiger partial charge is 0.397 e. The number of rotatable bonds is 9. The fraction of sp³-hybridized carbons (Fsp3) is 0.462. The lowest BCUT2D eigenvalue weighted by Gasteiger charge is -2.12. The molecule has 5 N–H and O–H groups in total.